The van der Waals surface area contributed by atoms with Gasteiger partial charge in [-0.05, 0) is 38.5 Å². The first-order valence-corrected chi connectivity index (χ1v) is 8.10. The van der Waals surface area contributed by atoms with Gasteiger partial charge in [-0.2, -0.15) is 0 Å². The average molecular weight is 274 g/mol. The minimum atomic E-state index is 0.604. The van der Waals surface area contributed by atoms with Gasteiger partial charge in [0, 0.05) is 32.1 Å². The van der Waals surface area contributed by atoms with Gasteiger partial charge in [-0.15, -0.1) is 0 Å². The molecule has 1 aromatic heterocycles. The summed E-state index contributed by atoms with van der Waals surface area (Å²) in [7, 11) is 2.17. The summed E-state index contributed by atoms with van der Waals surface area (Å²) in [5.41, 5.74) is 0. The van der Waals surface area contributed by atoms with Gasteiger partial charge in [0.15, 0.2) is 0 Å². The molecule has 3 rings (SSSR count). The lowest BCUT2D eigenvalue weighted by molar-refractivity contribution is 0.544. The molecule has 0 bridgehead atoms. The van der Waals surface area contributed by atoms with Gasteiger partial charge in [-0.1, -0.05) is 12.8 Å². The van der Waals surface area contributed by atoms with Crippen molar-refractivity contribution in [3.05, 3.63) is 11.9 Å². The predicted octanol–water partition coefficient (Wildman–Crippen LogP) is 3.41. The fourth-order valence-electron chi connectivity index (χ4n) is 3.12. The Morgan fingerprint density at radius 2 is 1.95 bits per heavy atom. The molecule has 1 N–H and O–H groups in total. The molecule has 0 aliphatic heterocycles. The molecule has 0 aromatic carbocycles. The quantitative estimate of drug-likeness (QED) is 0.863. The minimum Gasteiger partial charge on any atom is -0.370 e. The van der Waals surface area contributed by atoms with Crippen LogP contribution < -0.4 is 10.2 Å². The summed E-state index contributed by atoms with van der Waals surface area (Å²) in [6, 6.07) is 2.10. The molecule has 2 aliphatic carbocycles. The zero-order valence-electron chi connectivity index (χ0n) is 12.7. The monoisotopic (exact) mass is 274 g/mol. The van der Waals surface area contributed by atoms with Crippen LogP contribution in [-0.4, -0.2) is 30.1 Å². The van der Waals surface area contributed by atoms with Crippen LogP contribution in [0.4, 0.5) is 11.6 Å². The Balaban J connectivity index is 1.75. The molecule has 4 heteroatoms. The van der Waals surface area contributed by atoms with E-state index in [0.29, 0.717) is 5.92 Å². The molecule has 0 radical (unpaired) electrons. The Hall–Kier alpha value is -1.32. The number of hydrogen-bond acceptors (Lipinski definition) is 4. The Bertz CT molecular complexity index is 450. The summed E-state index contributed by atoms with van der Waals surface area (Å²) in [6.07, 6.45) is 8.06. The van der Waals surface area contributed by atoms with Gasteiger partial charge in [0.05, 0.1) is 0 Å². The molecule has 0 unspecified atom stereocenters. The second-order valence-corrected chi connectivity index (χ2v) is 6.31. The smallest absolute Gasteiger partial charge is 0.136 e. The number of nitrogens with one attached hydrogen (secondary N) is 1. The zero-order valence-corrected chi connectivity index (χ0v) is 12.7. The Labute approximate surface area is 122 Å². The van der Waals surface area contributed by atoms with Crippen LogP contribution in [0.5, 0.6) is 0 Å². The van der Waals surface area contributed by atoms with Gasteiger partial charge in [0.25, 0.3) is 0 Å². The van der Waals surface area contributed by atoms with E-state index in [9.17, 15) is 0 Å². The number of nitrogens with zero attached hydrogens (tertiary/aromatic N) is 3. The summed E-state index contributed by atoms with van der Waals surface area (Å²) >= 11 is 0. The number of aromatic nitrogens is 2. The third-order valence-electron chi connectivity index (χ3n) is 4.43. The number of hydrogen-bond donors (Lipinski definition) is 1. The molecule has 110 valence electrons. The van der Waals surface area contributed by atoms with E-state index in [4.69, 9.17) is 4.98 Å². The fourth-order valence-corrected chi connectivity index (χ4v) is 3.12. The molecule has 1 aromatic rings. The van der Waals surface area contributed by atoms with Gasteiger partial charge in [-0.3, -0.25) is 0 Å². The first-order chi connectivity index (χ1) is 9.76. The lowest BCUT2D eigenvalue weighted by Gasteiger charge is -2.23. The van der Waals surface area contributed by atoms with Crippen LogP contribution >= 0.6 is 0 Å². The van der Waals surface area contributed by atoms with Gasteiger partial charge >= 0.3 is 0 Å². The first-order valence-electron chi connectivity index (χ1n) is 8.10. The van der Waals surface area contributed by atoms with Crippen molar-refractivity contribution in [1.82, 2.24) is 9.97 Å². The average Bonchev–Trinajstić information content (AvgIpc) is 3.18. The van der Waals surface area contributed by atoms with E-state index < -0.39 is 0 Å². The van der Waals surface area contributed by atoms with Crippen LogP contribution in [0.15, 0.2) is 6.07 Å². The fraction of sp³-hybridized carbons (Fsp3) is 0.750. The maximum atomic E-state index is 4.79. The standard InChI is InChI=1S/C16H26N4/c1-3-17-14-10-15(19-16(18-14)13-8-9-13)20(2)11-12-6-4-5-7-12/h10,12-13H,3-9,11H2,1-2H3,(H,17,18,19). The van der Waals surface area contributed by atoms with Gasteiger partial charge in [0.1, 0.15) is 17.5 Å². The minimum absolute atomic E-state index is 0.604. The summed E-state index contributed by atoms with van der Waals surface area (Å²) in [6.45, 7) is 4.15. The van der Waals surface area contributed by atoms with Crippen molar-refractivity contribution in [3.8, 4) is 0 Å². The van der Waals surface area contributed by atoms with Crippen molar-refractivity contribution in [2.45, 2.75) is 51.4 Å². The van der Waals surface area contributed by atoms with Crippen molar-refractivity contribution in [3.63, 3.8) is 0 Å². The maximum absolute atomic E-state index is 4.79. The van der Waals surface area contributed by atoms with E-state index in [1.807, 2.05) is 0 Å². The van der Waals surface area contributed by atoms with Crippen LogP contribution in [0.2, 0.25) is 0 Å². The molecular weight excluding hydrogens is 248 g/mol. The summed E-state index contributed by atoms with van der Waals surface area (Å²) in [5.74, 6) is 4.56. The van der Waals surface area contributed by atoms with Crippen LogP contribution in [0.3, 0.4) is 0 Å². The second kappa shape index (κ2) is 5.98. The molecule has 4 nitrogen and oxygen atoms in total. The molecule has 0 atom stereocenters. The predicted molar refractivity (Wildman–Crippen MR) is 83.4 cm³/mol. The van der Waals surface area contributed by atoms with E-state index in [1.54, 1.807) is 0 Å². The molecule has 0 amide bonds. The van der Waals surface area contributed by atoms with Crippen LogP contribution in [0, 0.1) is 5.92 Å². The highest BCUT2D eigenvalue weighted by Gasteiger charge is 2.28. The zero-order chi connectivity index (χ0) is 13.9. The Morgan fingerprint density at radius 1 is 1.20 bits per heavy atom. The molecule has 2 saturated carbocycles. The van der Waals surface area contributed by atoms with Crippen LogP contribution in [0.1, 0.15) is 57.2 Å². The third-order valence-corrected chi connectivity index (χ3v) is 4.43. The largest absolute Gasteiger partial charge is 0.370 e. The van der Waals surface area contributed by atoms with E-state index in [0.717, 1.165) is 36.5 Å². The first kappa shape index (κ1) is 13.7. The van der Waals surface area contributed by atoms with Crippen LogP contribution in [0.25, 0.3) is 0 Å². The summed E-state index contributed by atoms with van der Waals surface area (Å²) < 4.78 is 0. The van der Waals surface area contributed by atoms with Gasteiger partial charge < -0.3 is 10.2 Å². The van der Waals surface area contributed by atoms with E-state index in [1.165, 1.54) is 38.5 Å². The Kier molecular flexibility index (Phi) is 4.08. The highest BCUT2D eigenvalue weighted by molar-refractivity contribution is 5.49. The number of anilines is 2. The van der Waals surface area contributed by atoms with Crippen molar-refractivity contribution in [2.24, 2.45) is 5.92 Å². The summed E-state index contributed by atoms with van der Waals surface area (Å²) in [5, 5.41) is 3.34. The molecule has 0 saturated heterocycles. The van der Waals surface area contributed by atoms with E-state index in [-0.39, 0.29) is 0 Å². The van der Waals surface area contributed by atoms with Crippen LogP contribution in [-0.2, 0) is 0 Å². The van der Waals surface area contributed by atoms with E-state index in [2.05, 4.69) is 35.2 Å². The summed E-state index contributed by atoms with van der Waals surface area (Å²) in [4.78, 5) is 11.8. The van der Waals surface area contributed by atoms with E-state index >= 15 is 0 Å². The number of rotatable bonds is 6. The topological polar surface area (TPSA) is 41.0 Å². The molecule has 2 aliphatic rings. The van der Waals surface area contributed by atoms with Crippen molar-refractivity contribution < 1.29 is 0 Å². The molecule has 20 heavy (non-hydrogen) atoms. The molecule has 1 heterocycles. The van der Waals surface area contributed by atoms with Gasteiger partial charge in [0.2, 0.25) is 0 Å². The molecule has 2 fully saturated rings. The molecular formula is C16H26N4. The molecule has 0 spiro atoms. The SMILES string of the molecule is CCNc1cc(N(C)CC2CCCC2)nc(C2CC2)n1. The van der Waals surface area contributed by atoms with Crippen molar-refractivity contribution >= 4 is 11.6 Å². The lowest BCUT2D eigenvalue weighted by Crippen LogP contribution is -2.25. The Morgan fingerprint density at radius 3 is 2.60 bits per heavy atom. The third kappa shape index (κ3) is 3.22. The second-order valence-electron chi connectivity index (χ2n) is 6.31. The van der Waals surface area contributed by atoms with Gasteiger partial charge in [-0.25, -0.2) is 9.97 Å². The maximum Gasteiger partial charge on any atom is 0.136 e. The van der Waals surface area contributed by atoms with Crippen molar-refractivity contribution in [1.29, 1.82) is 0 Å². The lowest BCUT2D eigenvalue weighted by atomic mass is 10.1. The highest BCUT2D eigenvalue weighted by atomic mass is 15.2. The normalized spacial score (nSPS) is 19.3. The highest BCUT2D eigenvalue weighted by Crippen LogP contribution is 2.39. The van der Waals surface area contributed by atoms with Crippen molar-refractivity contribution in [2.75, 3.05) is 30.4 Å².